The molecule has 0 bridgehead atoms. The summed E-state index contributed by atoms with van der Waals surface area (Å²) < 4.78 is 78.6. The molecule has 0 unspecified atom stereocenters. The third-order valence-electron chi connectivity index (χ3n) is 2.75. The van der Waals surface area contributed by atoms with Crippen molar-refractivity contribution in [3.05, 3.63) is 88.7 Å². The molecule has 0 aliphatic rings. The summed E-state index contributed by atoms with van der Waals surface area (Å²) in [7, 11) is 0. The normalized spacial score (nSPS) is 17.0. The molecule has 3 heteroatoms. The number of nitro benzene ring substituents is 1. The number of hydrogen-bond donors (Lipinski definition) is 0. The largest absolute Gasteiger partial charge is 0.277 e. The van der Waals surface area contributed by atoms with Gasteiger partial charge >= 0.3 is 0 Å². The van der Waals surface area contributed by atoms with Crippen LogP contribution >= 0.6 is 0 Å². The third-order valence-corrected chi connectivity index (χ3v) is 2.75. The number of hydrogen-bond acceptors (Lipinski definition) is 2. The van der Waals surface area contributed by atoms with Crippen LogP contribution in [-0.4, -0.2) is 4.92 Å². The zero-order valence-corrected chi connectivity index (χ0v) is 10.5. The van der Waals surface area contributed by atoms with Crippen LogP contribution in [0.5, 0.6) is 0 Å². The minimum atomic E-state index is -0.825. The first kappa shape index (κ1) is 5.82. The molecule has 0 N–H and O–H groups in total. The molecule has 21 heavy (non-hydrogen) atoms. The van der Waals surface area contributed by atoms with Gasteiger partial charge in [0, 0.05) is 6.07 Å². The van der Waals surface area contributed by atoms with Crippen molar-refractivity contribution < 1.29 is 18.6 Å². The van der Waals surface area contributed by atoms with Crippen molar-refractivity contribution in [1.82, 2.24) is 0 Å². The van der Waals surface area contributed by atoms with Gasteiger partial charge in [0.2, 0.25) is 0 Å². The molecule has 0 saturated carbocycles. The highest BCUT2D eigenvalue weighted by molar-refractivity contribution is 5.78. The molecule has 3 nitrogen and oxygen atoms in total. The van der Waals surface area contributed by atoms with E-state index in [0.717, 1.165) is 12.1 Å². The van der Waals surface area contributed by atoms with Crippen LogP contribution in [0.1, 0.15) is 13.7 Å². The second-order valence-corrected chi connectivity index (χ2v) is 3.99. The molecule has 3 aromatic carbocycles. The van der Waals surface area contributed by atoms with Crippen LogP contribution in [0.25, 0.3) is 22.3 Å². The first-order valence-corrected chi connectivity index (χ1v) is 5.83. The standard InChI is InChI=1S/C18H13NO2/c20-19(21)18-13-16(14-7-3-1-4-8-14)11-12-17(18)15-9-5-2-6-10-15/h1-13H/i1D,2D,3D,4D,5D,6D,7D,8D,9D,10D. The van der Waals surface area contributed by atoms with Gasteiger partial charge in [-0.3, -0.25) is 10.1 Å². The maximum Gasteiger partial charge on any atom is 0.277 e. The van der Waals surface area contributed by atoms with Crippen LogP contribution in [0, 0.1) is 10.1 Å². The second kappa shape index (κ2) is 5.59. The number of benzene rings is 3. The van der Waals surface area contributed by atoms with E-state index in [1.54, 1.807) is 0 Å². The summed E-state index contributed by atoms with van der Waals surface area (Å²) in [4.78, 5) is 10.9. The number of nitro groups is 1. The molecular weight excluding hydrogens is 262 g/mol. The number of nitrogens with zero attached hydrogens (tertiary/aromatic N) is 1. The van der Waals surface area contributed by atoms with Crippen LogP contribution in [0.3, 0.4) is 0 Å². The minimum Gasteiger partial charge on any atom is -0.258 e. The average molecular weight is 285 g/mol. The van der Waals surface area contributed by atoms with Gasteiger partial charge in [-0.25, -0.2) is 0 Å². The second-order valence-electron chi connectivity index (χ2n) is 3.99. The molecule has 0 aromatic heterocycles. The summed E-state index contributed by atoms with van der Waals surface area (Å²) in [6.45, 7) is 0. The van der Waals surface area contributed by atoms with Gasteiger partial charge in [-0.2, -0.15) is 0 Å². The smallest absolute Gasteiger partial charge is 0.258 e. The van der Waals surface area contributed by atoms with Gasteiger partial charge in [0.1, 0.15) is 0 Å². The lowest BCUT2D eigenvalue weighted by molar-refractivity contribution is -0.384. The minimum absolute atomic E-state index is 0.0418. The van der Waals surface area contributed by atoms with Gasteiger partial charge < -0.3 is 0 Å². The van der Waals surface area contributed by atoms with E-state index < -0.39 is 71.0 Å². The van der Waals surface area contributed by atoms with Gasteiger partial charge in [0.05, 0.1) is 24.2 Å². The first-order valence-electron chi connectivity index (χ1n) is 10.8. The monoisotopic (exact) mass is 285 g/mol. The average Bonchev–Trinajstić information content (AvgIpc) is 2.74. The Bertz CT molecular complexity index is 1220. The Hall–Kier alpha value is -2.94. The van der Waals surface area contributed by atoms with Crippen molar-refractivity contribution >= 4 is 5.69 Å². The Labute approximate surface area is 136 Å². The van der Waals surface area contributed by atoms with Gasteiger partial charge in [-0.05, 0) is 22.8 Å². The SMILES string of the molecule is [2H]c1c([2H])c([2H])c(-c2ccc(-c3c([2H])c([2H])c([2H])c([2H])c3[2H])c([N+](=O)[O-])c2)c([2H])c1[2H]. The summed E-state index contributed by atoms with van der Waals surface area (Å²) >= 11 is 0. The molecule has 0 fully saturated rings. The van der Waals surface area contributed by atoms with Crippen molar-refractivity contribution in [2.45, 2.75) is 0 Å². The van der Waals surface area contributed by atoms with Crippen LogP contribution < -0.4 is 0 Å². The summed E-state index contributed by atoms with van der Waals surface area (Å²) in [5.41, 5.74) is -1.55. The fraction of sp³-hybridized carbons (Fsp3) is 0. The lowest BCUT2D eigenvalue weighted by atomic mass is 9.98. The van der Waals surface area contributed by atoms with Crippen LogP contribution in [0.2, 0.25) is 0 Å². The summed E-state index contributed by atoms with van der Waals surface area (Å²) in [6.07, 6.45) is 0. The van der Waals surface area contributed by atoms with Crippen molar-refractivity contribution in [2.24, 2.45) is 0 Å². The quantitative estimate of drug-likeness (QED) is 0.506. The molecule has 0 spiro atoms. The topological polar surface area (TPSA) is 43.1 Å². The van der Waals surface area contributed by atoms with Gasteiger partial charge in [-0.15, -0.1) is 0 Å². The zero-order chi connectivity index (χ0) is 23.4. The number of rotatable bonds is 3. The molecule has 0 amide bonds. The van der Waals surface area contributed by atoms with E-state index in [0.29, 0.717) is 0 Å². The van der Waals surface area contributed by atoms with Crippen molar-refractivity contribution in [2.75, 3.05) is 0 Å². The third kappa shape index (κ3) is 2.67. The lowest BCUT2D eigenvalue weighted by Gasteiger charge is -2.06. The molecule has 0 aliphatic heterocycles. The van der Waals surface area contributed by atoms with E-state index in [1.165, 1.54) is 6.07 Å². The molecule has 3 rings (SSSR count). The van der Waals surface area contributed by atoms with Crippen molar-refractivity contribution in [1.29, 1.82) is 0 Å². The van der Waals surface area contributed by atoms with Crippen LogP contribution in [0.15, 0.2) is 78.6 Å². The Morgan fingerprint density at radius 2 is 1.38 bits per heavy atom. The molecule has 0 saturated heterocycles. The summed E-state index contributed by atoms with van der Waals surface area (Å²) in [5, 5.41) is 11.8. The molecule has 0 heterocycles. The summed E-state index contributed by atoms with van der Waals surface area (Å²) in [6, 6.07) is -2.74. The van der Waals surface area contributed by atoms with Crippen molar-refractivity contribution in [3.63, 3.8) is 0 Å². The van der Waals surface area contributed by atoms with Gasteiger partial charge in [0.15, 0.2) is 0 Å². The lowest BCUT2D eigenvalue weighted by Crippen LogP contribution is -1.93. The van der Waals surface area contributed by atoms with E-state index in [1.807, 2.05) is 0 Å². The molecule has 0 radical (unpaired) electrons. The van der Waals surface area contributed by atoms with Crippen molar-refractivity contribution in [3.8, 4) is 22.3 Å². The highest BCUT2D eigenvalue weighted by Gasteiger charge is 2.16. The molecular formula is C18H13NO2. The molecule has 0 atom stereocenters. The Morgan fingerprint density at radius 1 is 0.810 bits per heavy atom. The van der Waals surface area contributed by atoms with Gasteiger partial charge in [0.25, 0.3) is 5.69 Å². The van der Waals surface area contributed by atoms with Gasteiger partial charge in [-0.1, -0.05) is 66.5 Å². The first-order chi connectivity index (χ1) is 14.4. The van der Waals surface area contributed by atoms with Crippen LogP contribution in [-0.2, 0) is 0 Å². The highest BCUT2D eigenvalue weighted by Crippen LogP contribution is 2.33. The van der Waals surface area contributed by atoms with Crippen LogP contribution in [0.4, 0.5) is 5.69 Å². The fourth-order valence-electron chi connectivity index (χ4n) is 1.83. The summed E-state index contributed by atoms with van der Waals surface area (Å²) in [5.74, 6) is 0. The van der Waals surface area contributed by atoms with E-state index in [9.17, 15) is 10.1 Å². The van der Waals surface area contributed by atoms with E-state index in [4.69, 9.17) is 13.7 Å². The Balaban J connectivity index is 2.37. The zero-order valence-electron chi connectivity index (χ0n) is 20.5. The fourth-order valence-corrected chi connectivity index (χ4v) is 1.83. The maximum atomic E-state index is 11.8. The molecule has 0 aliphatic carbocycles. The molecule has 102 valence electrons. The van der Waals surface area contributed by atoms with E-state index >= 15 is 0 Å². The molecule has 3 aromatic rings. The predicted molar refractivity (Wildman–Crippen MR) is 84.0 cm³/mol. The van der Waals surface area contributed by atoms with E-state index in [2.05, 4.69) is 0 Å². The maximum absolute atomic E-state index is 11.8. The predicted octanol–water partition coefficient (Wildman–Crippen LogP) is 4.93. The highest BCUT2D eigenvalue weighted by atomic mass is 16.6. The Kier molecular flexibility index (Phi) is 1.55. The van der Waals surface area contributed by atoms with E-state index in [-0.39, 0.29) is 22.3 Å². The Morgan fingerprint density at radius 3 is 1.95 bits per heavy atom.